The first-order valence-electron chi connectivity index (χ1n) is 9.99. The lowest BCUT2D eigenvalue weighted by molar-refractivity contribution is 0.0264. The van der Waals surface area contributed by atoms with Crippen molar-refractivity contribution in [2.24, 2.45) is 4.99 Å². The number of hydrogen-bond donors (Lipinski definition) is 2. The number of rotatable bonds is 13. The minimum absolute atomic E-state index is 0.549. The largest absolute Gasteiger partial charge is 0.378 e. The molecule has 24 heavy (non-hydrogen) atoms. The lowest BCUT2D eigenvalue weighted by Gasteiger charge is -2.21. The van der Waals surface area contributed by atoms with E-state index in [1.807, 2.05) is 11.8 Å². The Labute approximate surface area is 154 Å². The fourth-order valence-electron chi connectivity index (χ4n) is 2.98. The zero-order valence-electron chi connectivity index (χ0n) is 15.9. The number of unbranched alkanes of at least 4 members (excludes halogenated alkanes) is 3. The van der Waals surface area contributed by atoms with Crippen LogP contribution in [0.4, 0.5) is 0 Å². The number of thioether (sulfide) groups is 1. The Balaban J connectivity index is 2.00. The zero-order chi connectivity index (χ0) is 17.3. The number of ether oxygens (including phenoxy) is 1. The van der Waals surface area contributed by atoms with E-state index >= 15 is 0 Å². The van der Waals surface area contributed by atoms with Crippen LogP contribution in [0.25, 0.3) is 0 Å². The highest BCUT2D eigenvalue weighted by Gasteiger charge is 2.12. The van der Waals surface area contributed by atoms with Crippen molar-refractivity contribution in [3.8, 4) is 0 Å². The van der Waals surface area contributed by atoms with E-state index < -0.39 is 0 Å². The molecule has 0 spiro atoms. The maximum atomic E-state index is 5.97. The summed E-state index contributed by atoms with van der Waals surface area (Å²) in [5.74, 6) is 2.22. The van der Waals surface area contributed by atoms with Crippen LogP contribution in [0.1, 0.15) is 71.1 Å². The second-order valence-electron chi connectivity index (χ2n) is 6.58. The van der Waals surface area contributed by atoms with Gasteiger partial charge in [0.15, 0.2) is 5.96 Å². The lowest BCUT2D eigenvalue weighted by Crippen LogP contribution is -2.37. The number of guanidine groups is 1. The van der Waals surface area contributed by atoms with Crippen LogP contribution in [-0.4, -0.2) is 50.3 Å². The summed E-state index contributed by atoms with van der Waals surface area (Å²) >= 11 is 1.92. The van der Waals surface area contributed by atoms with Crippen LogP contribution in [0.2, 0.25) is 0 Å². The third-order valence-electron chi connectivity index (χ3n) is 4.39. The number of aliphatic imine (C=N–C) groups is 1. The van der Waals surface area contributed by atoms with Gasteiger partial charge in [-0.05, 0) is 63.9 Å². The van der Waals surface area contributed by atoms with Crippen molar-refractivity contribution in [3.05, 3.63) is 0 Å². The molecule has 0 atom stereocenters. The van der Waals surface area contributed by atoms with Crippen molar-refractivity contribution >= 4 is 17.7 Å². The Morgan fingerprint density at radius 2 is 1.88 bits per heavy atom. The van der Waals surface area contributed by atoms with Crippen molar-refractivity contribution in [1.82, 2.24) is 10.6 Å². The van der Waals surface area contributed by atoms with Crippen molar-refractivity contribution in [3.63, 3.8) is 0 Å². The number of nitrogens with one attached hydrogen (secondary N) is 2. The molecule has 2 N–H and O–H groups in total. The summed E-state index contributed by atoms with van der Waals surface area (Å²) in [5.41, 5.74) is 0. The van der Waals surface area contributed by atoms with Gasteiger partial charge < -0.3 is 15.4 Å². The smallest absolute Gasteiger partial charge is 0.191 e. The van der Waals surface area contributed by atoms with Crippen LogP contribution in [0, 0.1) is 0 Å². The molecule has 0 aromatic carbocycles. The Hall–Kier alpha value is -0.420. The maximum Gasteiger partial charge on any atom is 0.191 e. The Morgan fingerprint density at radius 3 is 2.62 bits per heavy atom. The van der Waals surface area contributed by atoms with Gasteiger partial charge in [-0.3, -0.25) is 4.99 Å². The van der Waals surface area contributed by atoms with Gasteiger partial charge in [-0.2, -0.15) is 11.8 Å². The lowest BCUT2D eigenvalue weighted by atomic mass is 9.98. The van der Waals surface area contributed by atoms with Gasteiger partial charge in [-0.1, -0.05) is 19.3 Å². The zero-order valence-corrected chi connectivity index (χ0v) is 16.8. The maximum absolute atomic E-state index is 5.97. The quantitative estimate of drug-likeness (QED) is 0.294. The molecule has 0 bridgehead atoms. The van der Waals surface area contributed by atoms with Crippen LogP contribution in [0.5, 0.6) is 0 Å². The fraction of sp³-hybridized carbons (Fsp3) is 0.947. The topological polar surface area (TPSA) is 45.7 Å². The molecule has 1 aliphatic rings. The molecule has 1 saturated carbocycles. The van der Waals surface area contributed by atoms with Crippen LogP contribution in [-0.2, 0) is 4.74 Å². The van der Waals surface area contributed by atoms with Crippen LogP contribution >= 0.6 is 11.8 Å². The normalized spacial score (nSPS) is 16.3. The van der Waals surface area contributed by atoms with Crippen LogP contribution in [0.3, 0.4) is 0 Å². The van der Waals surface area contributed by atoms with E-state index in [2.05, 4.69) is 28.8 Å². The highest BCUT2D eigenvalue weighted by Crippen LogP contribution is 2.20. The van der Waals surface area contributed by atoms with Crippen LogP contribution in [0.15, 0.2) is 4.99 Å². The summed E-state index contributed by atoms with van der Waals surface area (Å²) in [6.45, 7) is 5.90. The molecular formula is C19H39N3OS. The predicted molar refractivity (Wildman–Crippen MR) is 108 cm³/mol. The highest BCUT2D eigenvalue weighted by molar-refractivity contribution is 7.98. The molecule has 0 radical (unpaired) electrons. The molecule has 5 heteroatoms. The van der Waals surface area contributed by atoms with Gasteiger partial charge in [0.2, 0.25) is 0 Å². The number of nitrogens with zero attached hydrogens (tertiary/aromatic N) is 1. The third kappa shape index (κ3) is 12.0. The summed E-state index contributed by atoms with van der Waals surface area (Å²) in [6.07, 6.45) is 15.4. The fourth-order valence-corrected chi connectivity index (χ4v) is 3.48. The molecule has 0 heterocycles. The molecular weight excluding hydrogens is 318 g/mol. The molecule has 142 valence electrons. The summed E-state index contributed by atoms with van der Waals surface area (Å²) in [7, 11) is 0. The Kier molecular flexibility index (Phi) is 14.5. The third-order valence-corrected chi connectivity index (χ3v) is 5.09. The SMILES string of the molecule is CCNC(=NCCCCCOC1CCCCC1)NCCCCSC. The van der Waals surface area contributed by atoms with Gasteiger partial charge in [0, 0.05) is 26.2 Å². The average molecular weight is 358 g/mol. The molecule has 0 aliphatic heterocycles. The van der Waals surface area contributed by atoms with Gasteiger partial charge in [0.1, 0.15) is 0 Å². The first-order chi connectivity index (χ1) is 11.9. The summed E-state index contributed by atoms with van der Waals surface area (Å²) in [4.78, 5) is 4.67. The van der Waals surface area contributed by atoms with E-state index in [9.17, 15) is 0 Å². The molecule has 0 aromatic heterocycles. The van der Waals surface area contributed by atoms with E-state index in [0.29, 0.717) is 6.10 Å². The van der Waals surface area contributed by atoms with E-state index in [0.717, 1.165) is 38.6 Å². The van der Waals surface area contributed by atoms with Crippen molar-refractivity contribution in [2.75, 3.05) is 38.2 Å². The minimum Gasteiger partial charge on any atom is -0.378 e. The molecule has 1 rings (SSSR count). The minimum atomic E-state index is 0.549. The molecule has 0 saturated heterocycles. The van der Waals surface area contributed by atoms with E-state index in [1.165, 1.54) is 63.5 Å². The Morgan fingerprint density at radius 1 is 1.04 bits per heavy atom. The summed E-state index contributed by atoms with van der Waals surface area (Å²) in [6, 6.07) is 0. The molecule has 0 aromatic rings. The predicted octanol–water partition coefficient (Wildman–Crippen LogP) is 4.20. The van der Waals surface area contributed by atoms with Gasteiger partial charge >= 0.3 is 0 Å². The van der Waals surface area contributed by atoms with Crippen molar-refractivity contribution < 1.29 is 4.74 Å². The molecule has 1 aliphatic carbocycles. The Bertz CT molecular complexity index is 307. The molecule has 1 fully saturated rings. The van der Waals surface area contributed by atoms with Gasteiger partial charge in [-0.25, -0.2) is 0 Å². The van der Waals surface area contributed by atoms with Gasteiger partial charge in [-0.15, -0.1) is 0 Å². The van der Waals surface area contributed by atoms with Gasteiger partial charge in [0.05, 0.1) is 6.10 Å². The molecule has 0 amide bonds. The molecule has 4 nitrogen and oxygen atoms in total. The first kappa shape index (κ1) is 21.6. The second-order valence-corrected chi connectivity index (χ2v) is 7.56. The van der Waals surface area contributed by atoms with Crippen molar-refractivity contribution in [2.45, 2.75) is 77.2 Å². The van der Waals surface area contributed by atoms with Gasteiger partial charge in [0.25, 0.3) is 0 Å². The standard InChI is InChI=1S/C19H39N3OS/c1-3-20-19(22-15-9-11-17-24-2)21-14-8-5-10-16-23-18-12-6-4-7-13-18/h18H,3-17H2,1-2H3,(H2,20,21,22). The summed E-state index contributed by atoms with van der Waals surface area (Å²) in [5, 5.41) is 6.76. The summed E-state index contributed by atoms with van der Waals surface area (Å²) < 4.78 is 5.97. The average Bonchev–Trinajstić information content (AvgIpc) is 2.61. The van der Waals surface area contributed by atoms with Crippen molar-refractivity contribution in [1.29, 1.82) is 0 Å². The van der Waals surface area contributed by atoms with Crippen LogP contribution < -0.4 is 10.6 Å². The number of hydrogen-bond acceptors (Lipinski definition) is 3. The highest BCUT2D eigenvalue weighted by atomic mass is 32.2. The van der Waals surface area contributed by atoms with E-state index in [1.54, 1.807) is 0 Å². The first-order valence-corrected chi connectivity index (χ1v) is 11.4. The van der Waals surface area contributed by atoms with E-state index in [4.69, 9.17) is 4.74 Å². The second kappa shape index (κ2) is 16.1. The van der Waals surface area contributed by atoms with E-state index in [-0.39, 0.29) is 0 Å². The molecule has 0 unspecified atom stereocenters. The monoisotopic (exact) mass is 357 g/mol.